The van der Waals surface area contributed by atoms with Crippen molar-refractivity contribution in [1.82, 2.24) is 5.32 Å². The third-order valence-corrected chi connectivity index (χ3v) is 6.25. The fourth-order valence-corrected chi connectivity index (χ4v) is 4.78. The smallest absolute Gasteiger partial charge is 0.0566 e. The van der Waals surface area contributed by atoms with Gasteiger partial charge in [-0.05, 0) is 77.3 Å². The first-order chi connectivity index (χ1) is 13.7. The molecule has 2 aliphatic carbocycles. The molecule has 0 bridgehead atoms. The van der Waals surface area contributed by atoms with Crippen molar-refractivity contribution in [3.8, 4) is 11.1 Å². The van der Waals surface area contributed by atoms with Crippen LogP contribution < -0.4 is 11.1 Å². The van der Waals surface area contributed by atoms with Crippen LogP contribution in [0.4, 0.5) is 0 Å². The van der Waals surface area contributed by atoms with Gasteiger partial charge < -0.3 is 11.1 Å². The lowest BCUT2D eigenvalue weighted by atomic mass is 9.75. The van der Waals surface area contributed by atoms with Crippen molar-refractivity contribution >= 4 is 17.2 Å². The molecule has 1 atom stereocenters. The molecule has 0 spiro atoms. The van der Waals surface area contributed by atoms with E-state index in [4.69, 9.17) is 17.3 Å². The summed E-state index contributed by atoms with van der Waals surface area (Å²) >= 11 is 6.16. The van der Waals surface area contributed by atoms with Crippen molar-refractivity contribution in [2.24, 2.45) is 11.7 Å². The van der Waals surface area contributed by atoms with Crippen molar-refractivity contribution in [3.63, 3.8) is 0 Å². The summed E-state index contributed by atoms with van der Waals surface area (Å²) < 4.78 is 0. The van der Waals surface area contributed by atoms with Crippen LogP contribution in [0.1, 0.15) is 22.3 Å². The summed E-state index contributed by atoms with van der Waals surface area (Å²) in [5.41, 5.74) is 16.9. The van der Waals surface area contributed by atoms with Crippen LogP contribution in [-0.2, 0) is 19.3 Å². The van der Waals surface area contributed by atoms with Crippen LogP contribution in [0.2, 0.25) is 0 Å². The zero-order valence-electron chi connectivity index (χ0n) is 15.7. The molecule has 2 aromatic carbocycles. The molecule has 0 amide bonds. The molecule has 5 rings (SSSR count). The van der Waals surface area contributed by atoms with Crippen LogP contribution >= 0.6 is 11.6 Å². The van der Waals surface area contributed by atoms with Gasteiger partial charge in [0.15, 0.2) is 0 Å². The van der Waals surface area contributed by atoms with E-state index < -0.39 is 0 Å². The maximum Gasteiger partial charge on any atom is 0.0566 e. The Morgan fingerprint density at radius 2 is 1.86 bits per heavy atom. The number of aryl methyl sites for hydroxylation is 1. The molecule has 2 nitrogen and oxygen atoms in total. The van der Waals surface area contributed by atoms with Crippen molar-refractivity contribution in [2.45, 2.75) is 19.3 Å². The Kier molecular flexibility index (Phi) is 4.46. The van der Waals surface area contributed by atoms with Crippen LogP contribution in [0.15, 0.2) is 77.6 Å². The van der Waals surface area contributed by atoms with E-state index in [1.54, 1.807) is 0 Å². The SMILES string of the molecule is NCC1C=C(C2=CC=CC(Cl)=CN2)c2ccc3c(c2C1)CCc1ccccc1-3. The lowest BCUT2D eigenvalue weighted by Gasteiger charge is -2.30. The molecule has 3 aliphatic rings. The molecule has 3 heteroatoms. The summed E-state index contributed by atoms with van der Waals surface area (Å²) in [6.07, 6.45) is 13.4. The maximum absolute atomic E-state index is 6.16. The maximum atomic E-state index is 6.16. The second kappa shape index (κ2) is 7.12. The second-order valence-corrected chi connectivity index (χ2v) is 8.10. The summed E-state index contributed by atoms with van der Waals surface area (Å²) in [7, 11) is 0. The van der Waals surface area contributed by atoms with Gasteiger partial charge in [-0.3, -0.25) is 0 Å². The first-order valence-corrected chi connectivity index (χ1v) is 10.3. The Balaban J connectivity index is 1.66. The van der Waals surface area contributed by atoms with E-state index in [1.807, 2.05) is 18.4 Å². The molecule has 3 N–H and O–H groups in total. The highest BCUT2D eigenvalue weighted by Gasteiger charge is 2.27. The molecule has 140 valence electrons. The average Bonchev–Trinajstić information content (AvgIpc) is 2.96. The molecular weight excluding hydrogens is 364 g/mol. The molecule has 1 heterocycles. The number of nitrogens with one attached hydrogen (secondary N) is 1. The van der Waals surface area contributed by atoms with Gasteiger partial charge in [0.25, 0.3) is 0 Å². The van der Waals surface area contributed by atoms with Gasteiger partial charge in [-0.1, -0.05) is 60.2 Å². The average molecular weight is 387 g/mol. The summed E-state index contributed by atoms with van der Waals surface area (Å²) in [6, 6.07) is 13.4. The minimum absolute atomic E-state index is 0.348. The van der Waals surface area contributed by atoms with E-state index in [-0.39, 0.29) is 0 Å². The van der Waals surface area contributed by atoms with Crippen LogP contribution in [0.5, 0.6) is 0 Å². The quantitative estimate of drug-likeness (QED) is 0.754. The second-order valence-electron chi connectivity index (χ2n) is 7.67. The molecule has 0 fully saturated rings. The Bertz CT molecular complexity index is 1070. The third kappa shape index (κ3) is 2.94. The van der Waals surface area contributed by atoms with Gasteiger partial charge in [0.2, 0.25) is 0 Å². The van der Waals surface area contributed by atoms with Crippen LogP contribution in [0, 0.1) is 5.92 Å². The number of rotatable bonds is 2. The lowest BCUT2D eigenvalue weighted by molar-refractivity contribution is 0.645. The molecule has 0 aromatic heterocycles. The van der Waals surface area contributed by atoms with Crippen LogP contribution in [0.3, 0.4) is 0 Å². The summed E-state index contributed by atoms with van der Waals surface area (Å²) in [4.78, 5) is 0. The predicted octanol–water partition coefficient (Wildman–Crippen LogP) is 5.09. The van der Waals surface area contributed by atoms with Crippen molar-refractivity contribution < 1.29 is 0 Å². The summed E-state index contributed by atoms with van der Waals surface area (Å²) in [6.45, 7) is 0.656. The molecular formula is C25H23ClN2. The molecule has 28 heavy (non-hydrogen) atoms. The molecule has 1 unspecified atom stereocenters. The predicted molar refractivity (Wildman–Crippen MR) is 118 cm³/mol. The Hall–Kier alpha value is -2.55. The lowest BCUT2D eigenvalue weighted by Crippen LogP contribution is -2.23. The summed E-state index contributed by atoms with van der Waals surface area (Å²) in [5.74, 6) is 0.348. The zero-order chi connectivity index (χ0) is 19.1. The molecule has 0 saturated heterocycles. The van der Waals surface area contributed by atoms with Crippen LogP contribution in [-0.4, -0.2) is 6.54 Å². The number of halogens is 1. The third-order valence-electron chi connectivity index (χ3n) is 6.02. The van der Waals surface area contributed by atoms with E-state index in [1.165, 1.54) is 39.0 Å². The van der Waals surface area contributed by atoms with Gasteiger partial charge in [0.05, 0.1) is 5.03 Å². The number of nitrogens with two attached hydrogens (primary N) is 1. The highest BCUT2D eigenvalue weighted by atomic mass is 35.5. The Labute approximate surface area is 171 Å². The van der Waals surface area contributed by atoms with Gasteiger partial charge in [-0.2, -0.15) is 0 Å². The number of benzene rings is 2. The van der Waals surface area contributed by atoms with E-state index in [2.05, 4.69) is 53.9 Å². The Morgan fingerprint density at radius 1 is 1.00 bits per heavy atom. The molecule has 1 aliphatic heterocycles. The largest absolute Gasteiger partial charge is 0.360 e. The fraction of sp³-hybridized carbons (Fsp3) is 0.200. The van der Waals surface area contributed by atoms with Gasteiger partial charge in [-0.25, -0.2) is 0 Å². The zero-order valence-corrected chi connectivity index (χ0v) is 16.5. The van der Waals surface area contributed by atoms with E-state index >= 15 is 0 Å². The van der Waals surface area contributed by atoms with Crippen molar-refractivity contribution in [2.75, 3.05) is 6.54 Å². The van der Waals surface area contributed by atoms with Gasteiger partial charge in [-0.15, -0.1) is 0 Å². The monoisotopic (exact) mass is 386 g/mol. The first-order valence-electron chi connectivity index (χ1n) is 9.91. The fourth-order valence-electron chi connectivity index (χ4n) is 4.66. The van der Waals surface area contributed by atoms with E-state index in [9.17, 15) is 0 Å². The molecule has 0 saturated carbocycles. The van der Waals surface area contributed by atoms with Crippen LogP contribution in [0.25, 0.3) is 16.7 Å². The van der Waals surface area contributed by atoms with Gasteiger partial charge >= 0.3 is 0 Å². The number of allylic oxidation sites excluding steroid dienone is 5. The minimum atomic E-state index is 0.348. The number of hydrogen-bond acceptors (Lipinski definition) is 2. The standard InChI is InChI=1S/C25H23ClN2/c26-18-5-3-7-25(28-15-18)24-13-16(14-27)12-23-21-9-8-17-4-1-2-6-19(17)20(21)10-11-22(23)24/h1-7,10-11,13,15-16,28H,8-9,12,14,27H2. The number of hydrogen-bond donors (Lipinski definition) is 2. The minimum Gasteiger partial charge on any atom is -0.360 e. The highest BCUT2D eigenvalue weighted by molar-refractivity contribution is 6.31. The van der Waals surface area contributed by atoms with Gasteiger partial charge in [0.1, 0.15) is 0 Å². The number of fused-ring (bicyclic) bond motifs is 5. The van der Waals surface area contributed by atoms with Gasteiger partial charge in [0, 0.05) is 17.5 Å². The molecule has 2 aromatic rings. The van der Waals surface area contributed by atoms with E-state index in [0.29, 0.717) is 17.5 Å². The normalized spacial score (nSPS) is 19.9. The highest BCUT2D eigenvalue weighted by Crippen LogP contribution is 2.42. The van der Waals surface area contributed by atoms with Crippen molar-refractivity contribution in [1.29, 1.82) is 0 Å². The Morgan fingerprint density at radius 3 is 2.75 bits per heavy atom. The first kappa shape index (κ1) is 17.5. The van der Waals surface area contributed by atoms with E-state index in [0.717, 1.165) is 25.0 Å². The summed E-state index contributed by atoms with van der Waals surface area (Å²) in [5, 5.41) is 4.07. The topological polar surface area (TPSA) is 38.0 Å². The van der Waals surface area contributed by atoms with Crippen molar-refractivity contribution in [3.05, 3.63) is 99.9 Å². The molecule has 0 radical (unpaired) electrons.